The summed E-state index contributed by atoms with van der Waals surface area (Å²) in [6.07, 6.45) is 1.44. The van der Waals surface area contributed by atoms with Gasteiger partial charge in [-0.05, 0) is 12.1 Å². The van der Waals surface area contributed by atoms with Crippen molar-refractivity contribution >= 4 is 33.0 Å². The predicted octanol–water partition coefficient (Wildman–Crippen LogP) is 3.93. The van der Waals surface area contributed by atoms with Crippen LogP contribution in [0.5, 0.6) is 11.5 Å². The second-order valence-corrected chi connectivity index (χ2v) is 8.64. The Bertz CT molecular complexity index is 867. The van der Waals surface area contributed by atoms with E-state index in [-0.39, 0.29) is 24.6 Å². The average molecular weight is 406 g/mol. The fourth-order valence-electron chi connectivity index (χ4n) is 2.17. The molecule has 0 amide bonds. The first kappa shape index (κ1) is 19.7. The maximum Gasteiger partial charge on any atom is 0.246 e. The average Bonchev–Trinajstić information content (AvgIpc) is 2.99. The van der Waals surface area contributed by atoms with Gasteiger partial charge >= 0.3 is 0 Å². The van der Waals surface area contributed by atoms with E-state index in [1.807, 2.05) is 0 Å². The predicted molar refractivity (Wildman–Crippen MR) is 96.6 cm³/mol. The Kier molecular flexibility index (Phi) is 6.45. The zero-order valence-electron chi connectivity index (χ0n) is 13.7. The zero-order valence-corrected chi connectivity index (χ0v) is 16.0. The second kappa shape index (κ2) is 8.18. The Morgan fingerprint density at radius 2 is 1.92 bits per heavy atom. The maximum absolute atomic E-state index is 14.4. The Balaban J connectivity index is 2.47. The molecule has 0 radical (unpaired) electrons. The quantitative estimate of drug-likeness (QED) is 0.624. The van der Waals surface area contributed by atoms with Crippen LogP contribution in [0, 0.1) is 5.82 Å². The van der Waals surface area contributed by atoms with Gasteiger partial charge in [0.15, 0.2) is 11.5 Å². The number of ether oxygens (including phenoxy) is 2. The van der Waals surface area contributed by atoms with Crippen molar-refractivity contribution in [3.05, 3.63) is 52.0 Å². The Morgan fingerprint density at radius 1 is 1.28 bits per heavy atom. The normalized spacial score (nSPS) is 11.6. The van der Waals surface area contributed by atoms with Crippen LogP contribution in [0.25, 0.3) is 0 Å². The molecular weight excluding hydrogens is 389 g/mol. The minimum atomic E-state index is -4.13. The number of hydrogen-bond acceptors (Lipinski definition) is 5. The smallest absolute Gasteiger partial charge is 0.246 e. The van der Waals surface area contributed by atoms with Crippen molar-refractivity contribution in [2.24, 2.45) is 0 Å². The first-order valence-electron chi connectivity index (χ1n) is 7.10. The molecular formula is C16H17ClFNO4S2. The molecule has 0 aliphatic carbocycles. The molecule has 25 heavy (non-hydrogen) atoms. The van der Waals surface area contributed by atoms with Crippen LogP contribution in [0.4, 0.5) is 4.39 Å². The molecule has 0 aliphatic heterocycles. The Hall–Kier alpha value is -1.61. The molecule has 0 aliphatic rings. The van der Waals surface area contributed by atoms with Gasteiger partial charge in [0.05, 0.1) is 18.6 Å². The molecule has 1 aromatic carbocycles. The minimum Gasteiger partial charge on any atom is -0.493 e. The fourth-order valence-corrected chi connectivity index (χ4v) is 4.81. The Morgan fingerprint density at radius 3 is 2.44 bits per heavy atom. The Labute approximate surface area is 155 Å². The number of sulfonamides is 1. The van der Waals surface area contributed by atoms with Crippen molar-refractivity contribution < 1.29 is 22.3 Å². The molecule has 0 N–H and O–H groups in total. The summed E-state index contributed by atoms with van der Waals surface area (Å²) in [5.41, 5.74) is 0. The van der Waals surface area contributed by atoms with Crippen molar-refractivity contribution in [3.63, 3.8) is 0 Å². The van der Waals surface area contributed by atoms with E-state index in [1.165, 1.54) is 31.6 Å². The molecule has 0 spiro atoms. The highest BCUT2D eigenvalue weighted by molar-refractivity contribution is 7.89. The summed E-state index contributed by atoms with van der Waals surface area (Å²) in [6.45, 7) is 3.65. The minimum absolute atomic E-state index is 0.0195. The van der Waals surface area contributed by atoms with Gasteiger partial charge in [0.2, 0.25) is 10.0 Å². The summed E-state index contributed by atoms with van der Waals surface area (Å²) < 4.78 is 52.0. The molecule has 9 heteroatoms. The van der Waals surface area contributed by atoms with Gasteiger partial charge in [0, 0.05) is 30.1 Å². The van der Waals surface area contributed by atoms with E-state index in [0.717, 1.165) is 21.3 Å². The van der Waals surface area contributed by atoms with Gasteiger partial charge in [0.1, 0.15) is 10.7 Å². The van der Waals surface area contributed by atoms with Crippen molar-refractivity contribution in [2.75, 3.05) is 20.8 Å². The van der Waals surface area contributed by atoms with Crippen molar-refractivity contribution in [2.45, 2.75) is 11.4 Å². The monoisotopic (exact) mass is 405 g/mol. The van der Waals surface area contributed by atoms with Crippen LogP contribution < -0.4 is 9.47 Å². The summed E-state index contributed by atoms with van der Waals surface area (Å²) >= 11 is 7.15. The molecule has 5 nitrogen and oxygen atoms in total. The highest BCUT2D eigenvalue weighted by atomic mass is 35.5. The molecule has 0 unspecified atom stereocenters. The van der Waals surface area contributed by atoms with Crippen LogP contribution in [0.15, 0.2) is 41.8 Å². The highest BCUT2D eigenvalue weighted by Crippen LogP contribution is 2.34. The zero-order chi connectivity index (χ0) is 18.6. The summed E-state index contributed by atoms with van der Waals surface area (Å²) in [5, 5.41) is 0. The molecule has 1 aromatic heterocycles. The van der Waals surface area contributed by atoms with Crippen LogP contribution >= 0.6 is 22.9 Å². The van der Waals surface area contributed by atoms with Crippen LogP contribution in [0.3, 0.4) is 0 Å². The maximum atomic E-state index is 14.4. The molecule has 0 bridgehead atoms. The van der Waals surface area contributed by atoms with Gasteiger partial charge in [-0.2, -0.15) is 4.31 Å². The molecule has 2 aromatic rings. The van der Waals surface area contributed by atoms with E-state index in [0.29, 0.717) is 4.34 Å². The van der Waals surface area contributed by atoms with E-state index >= 15 is 0 Å². The lowest BCUT2D eigenvalue weighted by Gasteiger charge is -2.21. The molecule has 136 valence electrons. The molecule has 0 saturated carbocycles. The van der Waals surface area contributed by atoms with Gasteiger partial charge < -0.3 is 9.47 Å². The third-order valence-electron chi connectivity index (χ3n) is 3.35. The number of rotatable bonds is 8. The lowest BCUT2D eigenvalue weighted by molar-refractivity contribution is 0.349. The first-order chi connectivity index (χ1) is 11.8. The molecule has 0 saturated heterocycles. The lowest BCUT2D eigenvalue weighted by atomic mass is 10.3. The SMILES string of the molecule is C=CCN(Cc1ccc(Cl)s1)S(=O)(=O)c1cc(OC)c(OC)cc1F. The number of nitrogens with zero attached hydrogens (tertiary/aromatic N) is 1. The van der Waals surface area contributed by atoms with Gasteiger partial charge in [-0.25, -0.2) is 12.8 Å². The number of thiophene rings is 1. The van der Waals surface area contributed by atoms with Crippen molar-refractivity contribution in [3.8, 4) is 11.5 Å². The van der Waals surface area contributed by atoms with Crippen LogP contribution in [0.1, 0.15) is 4.88 Å². The van der Waals surface area contributed by atoms with Crippen LogP contribution in [-0.4, -0.2) is 33.5 Å². The van der Waals surface area contributed by atoms with Gasteiger partial charge in [-0.3, -0.25) is 0 Å². The van der Waals surface area contributed by atoms with Gasteiger partial charge in [-0.1, -0.05) is 17.7 Å². The van der Waals surface area contributed by atoms with E-state index in [1.54, 1.807) is 12.1 Å². The van der Waals surface area contributed by atoms with Gasteiger partial charge in [0.25, 0.3) is 0 Å². The third kappa shape index (κ3) is 4.33. The largest absolute Gasteiger partial charge is 0.493 e. The molecule has 0 fully saturated rings. The van der Waals surface area contributed by atoms with Crippen molar-refractivity contribution in [1.82, 2.24) is 4.31 Å². The van der Waals surface area contributed by atoms with Crippen LogP contribution in [0.2, 0.25) is 4.34 Å². The van der Waals surface area contributed by atoms with Crippen molar-refractivity contribution in [1.29, 1.82) is 0 Å². The lowest BCUT2D eigenvalue weighted by Crippen LogP contribution is -2.31. The first-order valence-corrected chi connectivity index (χ1v) is 9.73. The molecule has 1 heterocycles. The summed E-state index contributed by atoms with van der Waals surface area (Å²) in [6, 6.07) is 5.50. The topological polar surface area (TPSA) is 55.8 Å². The number of hydrogen-bond donors (Lipinski definition) is 0. The number of halogens is 2. The van der Waals surface area contributed by atoms with E-state index in [9.17, 15) is 12.8 Å². The third-order valence-corrected chi connectivity index (χ3v) is 6.39. The second-order valence-electron chi connectivity index (χ2n) is 4.93. The van der Waals surface area contributed by atoms with E-state index in [4.69, 9.17) is 21.1 Å². The molecule has 2 rings (SSSR count). The standard InChI is InChI=1S/C16H17ClFNO4S2/c1-4-7-19(10-11-5-6-16(17)24-11)25(20,21)15-9-14(23-3)13(22-2)8-12(15)18/h4-6,8-9H,1,7,10H2,2-3H3. The fraction of sp³-hybridized carbons (Fsp3) is 0.250. The van der Waals surface area contributed by atoms with E-state index in [2.05, 4.69) is 6.58 Å². The van der Waals surface area contributed by atoms with E-state index < -0.39 is 20.7 Å². The van der Waals surface area contributed by atoms with Crippen LogP contribution in [-0.2, 0) is 16.6 Å². The van der Waals surface area contributed by atoms with Gasteiger partial charge in [-0.15, -0.1) is 17.9 Å². The summed E-state index contributed by atoms with van der Waals surface area (Å²) in [4.78, 5) is 0.242. The molecule has 0 atom stereocenters. The number of methoxy groups -OCH3 is 2. The summed E-state index contributed by atoms with van der Waals surface area (Å²) in [7, 11) is -1.43. The summed E-state index contributed by atoms with van der Waals surface area (Å²) in [5.74, 6) is -0.685. The highest BCUT2D eigenvalue weighted by Gasteiger charge is 2.29. The number of benzene rings is 1.